The molecule has 0 aliphatic carbocycles. The first-order valence-electron chi connectivity index (χ1n) is 7.85. The van der Waals surface area contributed by atoms with E-state index < -0.39 is 17.3 Å². The van der Waals surface area contributed by atoms with E-state index in [0.717, 1.165) is 0 Å². The van der Waals surface area contributed by atoms with Crippen molar-refractivity contribution in [1.82, 2.24) is 0 Å². The number of fused-ring (bicyclic) bond motifs is 2. The van der Waals surface area contributed by atoms with E-state index in [4.69, 9.17) is 15.2 Å². The van der Waals surface area contributed by atoms with Crippen molar-refractivity contribution in [1.29, 1.82) is 5.26 Å². The monoisotopic (exact) mass is 417 g/mol. The number of hydrogen-bond donors (Lipinski definition) is 1. The van der Waals surface area contributed by atoms with Gasteiger partial charge < -0.3 is 20.1 Å². The lowest BCUT2D eigenvalue weighted by molar-refractivity contribution is -0.141. The van der Waals surface area contributed by atoms with E-state index >= 15 is 0 Å². The van der Waals surface area contributed by atoms with Crippen LogP contribution in [0.4, 0.5) is 5.69 Å². The maximum Gasteiger partial charge on any atom is 0.339 e. The van der Waals surface area contributed by atoms with Gasteiger partial charge in [0.2, 0.25) is 11.8 Å². The number of nitrogens with zero attached hydrogens (tertiary/aromatic N) is 2. The van der Waals surface area contributed by atoms with Crippen LogP contribution in [0.15, 0.2) is 45.5 Å². The van der Waals surface area contributed by atoms with Crippen molar-refractivity contribution >= 4 is 33.5 Å². The lowest BCUT2D eigenvalue weighted by Crippen LogP contribution is -2.47. The molecule has 0 saturated carbocycles. The zero-order chi connectivity index (χ0) is 19.2. The molecule has 2 N–H and O–H groups in total. The Morgan fingerprint density at radius 3 is 2.81 bits per heavy atom. The van der Waals surface area contributed by atoms with Crippen LogP contribution < -0.4 is 10.6 Å². The number of carbonyl (C=O) groups is 2. The molecule has 2 aliphatic heterocycles. The van der Waals surface area contributed by atoms with Gasteiger partial charge in [-0.15, -0.1) is 0 Å². The third-order valence-corrected chi connectivity index (χ3v) is 5.05. The average Bonchev–Trinajstić information content (AvgIpc) is 2.78. The summed E-state index contributed by atoms with van der Waals surface area (Å²) in [7, 11) is 1.59. The Morgan fingerprint density at radius 2 is 2.19 bits per heavy atom. The first-order valence-corrected chi connectivity index (χ1v) is 8.64. The van der Waals surface area contributed by atoms with Crippen LogP contribution in [0, 0.1) is 11.3 Å². The first-order chi connectivity index (χ1) is 12.3. The topological polar surface area (TPSA) is 106 Å². The zero-order valence-corrected chi connectivity index (χ0v) is 16.0. The Labute approximate surface area is 158 Å². The van der Waals surface area contributed by atoms with Gasteiger partial charge in [0.25, 0.3) is 0 Å². The van der Waals surface area contributed by atoms with Gasteiger partial charge in [0, 0.05) is 22.8 Å². The fraction of sp³-hybridized carbons (Fsp3) is 0.278. The molecule has 0 fully saturated rings. The van der Waals surface area contributed by atoms with Crippen LogP contribution in [-0.2, 0) is 24.5 Å². The van der Waals surface area contributed by atoms with Gasteiger partial charge in [0.05, 0.1) is 6.61 Å². The summed E-state index contributed by atoms with van der Waals surface area (Å²) in [6.45, 7) is 3.30. The number of allylic oxidation sites excluding steroid dienone is 1. The molecule has 3 rings (SSSR count). The number of likely N-dealkylation sites (N-methyl/N-ethyl adjacent to an activating group) is 1. The van der Waals surface area contributed by atoms with Crippen LogP contribution in [0.3, 0.4) is 0 Å². The van der Waals surface area contributed by atoms with E-state index in [1.54, 1.807) is 32.2 Å². The maximum atomic E-state index is 13.4. The van der Waals surface area contributed by atoms with E-state index in [0.29, 0.717) is 15.7 Å². The summed E-state index contributed by atoms with van der Waals surface area (Å²) in [6.07, 6.45) is 0. The fourth-order valence-corrected chi connectivity index (χ4v) is 3.90. The smallest absolute Gasteiger partial charge is 0.339 e. The summed E-state index contributed by atoms with van der Waals surface area (Å²) in [4.78, 5) is 27.6. The standard InChI is InChI=1S/C18H16BrN3O4/c1-4-25-16(23)14-9(2)26-15(21)12(8-20)18(14)11-7-10(19)5-6-13(11)22(3)17(18)24/h5-7H,4,21H2,1-3H3/t18-/m1/s1. The summed E-state index contributed by atoms with van der Waals surface area (Å²) < 4.78 is 11.3. The quantitative estimate of drug-likeness (QED) is 0.739. The van der Waals surface area contributed by atoms with Crippen molar-refractivity contribution in [2.75, 3.05) is 18.6 Å². The summed E-state index contributed by atoms with van der Waals surface area (Å²) in [6, 6.07) is 7.20. The second-order valence-electron chi connectivity index (χ2n) is 5.88. The predicted molar refractivity (Wildman–Crippen MR) is 96.5 cm³/mol. The number of hydrogen-bond acceptors (Lipinski definition) is 6. The molecule has 1 amide bonds. The van der Waals surface area contributed by atoms with Gasteiger partial charge in [-0.1, -0.05) is 15.9 Å². The highest BCUT2D eigenvalue weighted by Gasteiger charge is 2.61. The van der Waals surface area contributed by atoms with E-state index in [-0.39, 0.29) is 29.4 Å². The molecule has 0 bridgehead atoms. The van der Waals surface area contributed by atoms with Crippen molar-refractivity contribution in [3.63, 3.8) is 0 Å². The molecule has 0 saturated heterocycles. The molecule has 7 nitrogen and oxygen atoms in total. The molecule has 0 unspecified atom stereocenters. The number of halogens is 1. The number of carbonyl (C=O) groups excluding carboxylic acids is 2. The second kappa shape index (κ2) is 6.18. The van der Waals surface area contributed by atoms with Crippen molar-refractivity contribution in [3.8, 4) is 6.07 Å². The highest BCUT2D eigenvalue weighted by Crippen LogP contribution is 2.54. The van der Waals surface area contributed by atoms with Crippen LogP contribution in [0.5, 0.6) is 0 Å². The summed E-state index contributed by atoms with van der Waals surface area (Å²) in [5, 5.41) is 9.78. The van der Waals surface area contributed by atoms with Gasteiger partial charge in [-0.05, 0) is 32.0 Å². The third-order valence-electron chi connectivity index (χ3n) is 4.55. The molecule has 0 aromatic heterocycles. The van der Waals surface area contributed by atoms with Crippen LogP contribution in [0.25, 0.3) is 0 Å². The molecular formula is C18H16BrN3O4. The van der Waals surface area contributed by atoms with Gasteiger partial charge in [-0.3, -0.25) is 4.79 Å². The Balaban J connectivity index is 2.45. The number of esters is 1. The molecule has 8 heteroatoms. The second-order valence-corrected chi connectivity index (χ2v) is 6.80. The molecule has 2 aliphatic rings. The number of anilines is 1. The number of rotatable bonds is 2. The van der Waals surface area contributed by atoms with Crippen LogP contribution >= 0.6 is 15.9 Å². The Bertz CT molecular complexity index is 944. The summed E-state index contributed by atoms with van der Waals surface area (Å²) >= 11 is 3.39. The Kier molecular flexibility index (Phi) is 4.28. The minimum Gasteiger partial charge on any atom is -0.462 e. The van der Waals surface area contributed by atoms with E-state index in [9.17, 15) is 14.9 Å². The van der Waals surface area contributed by atoms with Gasteiger partial charge in [0.1, 0.15) is 23.0 Å². The van der Waals surface area contributed by atoms with Gasteiger partial charge in [-0.25, -0.2) is 4.79 Å². The van der Waals surface area contributed by atoms with E-state index in [2.05, 4.69) is 15.9 Å². The van der Waals surface area contributed by atoms with Crippen LogP contribution in [-0.4, -0.2) is 25.5 Å². The molecule has 1 aromatic carbocycles. The fourth-order valence-electron chi connectivity index (χ4n) is 3.54. The third kappa shape index (κ3) is 2.17. The summed E-state index contributed by atoms with van der Waals surface area (Å²) in [5.74, 6) is -1.25. The molecule has 0 radical (unpaired) electrons. The van der Waals surface area contributed by atoms with Crippen molar-refractivity contribution in [3.05, 3.63) is 51.0 Å². The SMILES string of the molecule is CCOC(=O)C1=C(C)OC(N)=C(C#N)[C@@]12C(=O)N(C)c1ccc(Br)cc12. The minimum absolute atomic E-state index is 0.0289. The highest BCUT2D eigenvalue weighted by atomic mass is 79.9. The summed E-state index contributed by atoms with van der Waals surface area (Å²) in [5.41, 5.74) is 5.15. The van der Waals surface area contributed by atoms with Crippen molar-refractivity contribution in [2.24, 2.45) is 5.73 Å². The maximum absolute atomic E-state index is 13.4. The van der Waals surface area contributed by atoms with Crippen molar-refractivity contribution < 1.29 is 19.1 Å². The number of nitriles is 1. The largest absolute Gasteiger partial charge is 0.462 e. The van der Waals surface area contributed by atoms with Crippen LogP contribution in [0.1, 0.15) is 19.4 Å². The molecule has 2 heterocycles. The molecule has 1 aromatic rings. The highest BCUT2D eigenvalue weighted by molar-refractivity contribution is 9.10. The number of ether oxygens (including phenoxy) is 2. The molecule has 1 spiro atoms. The predicted octanol–water partition coefficient (Wildman–Crippen LogP) is 2.22. The lowest BCUT2D eigenvalue weighted by Gasteiger charge is -2.34. The van der Waals surface area contributed by atoms with E-state index in [1.165, 1.54) is 11.8 Å². The number of nitrogens with two attached hydrogens (primary N) is 1. The Hall–Kier alpha value is -2.79. The molecule has 26 heavy (non-hydrogen) atoms. The molecule has 134 valence electrons. The minimum atomic E-state index is -1.69. The first kappa shape index (κ1) is 18.0. The van der Waals surface area contributed by atoms with E-state index in [1.807, 2.05) is 6.07 Å². The number of benzene rings is 1. The molecule has 1 atom stereocenters. The zero-order valence-electron chi connectivity index (χ0n) is 14.4. The van der Waals surface area contributed by atoms with Gasteiger partial charge in [-0.2, -0.15) is 5.26 Å². The lowest BCUT2D eigenvalue weighted by atomic mass is 9.68. The van der Waals surface area contributed by atoms with Crippen molar-refractivity contribution in [2.45, 2.75) is 19.3 Å². The average molecular weight is 418 g/mol. The van der Waals surface area contributed by atoms with Gasteiger partial charge >= 0.3 is 5.97 Å². The van der Waals surface area contributed by atoms with Gasteiger partial charge in [0.15, 0.2) is 5.41 Å². The number of amides is 1. The normalized spacial score (nSPS) is 21.7. The van der Waals surface area contributed by atoms with Crippen LogP contribution in [0.2, 0.25) is 0 Å². The molecular weight excluding hydrogens is 402 g/mol. The Morgan fingerprint density at radius 1 is 1.50 bits per heavy atom.